The average Bonchev–Trinajstić information content (AvgIpc) is 1.57. The Kier molecular flexibility index (Phi) is 7.75. The monoisotopic (exact) mass is 157 g/mol. The number of hydrogen-bond acceptors (Lipinski definition) is 1. The Morgan fingerprint density at radius 1 is 1.27 bits per heavy atom. The highest BCUT2D eigenvalue weighted by molar-refractivity contribution is 4.63. The molecule has 0 aliphatic carbocycles. The van der Waals surface area contributed by atoms with Crippen LogP contribution in [0.15, 0.2) is 12.7 Å². The maximum atomic E-state index is 3.36. The predicted molar refractivity (Wildman–Crippen MR) is 53.9 cm³/mol. The van der Waals surface area contributed by atoms with Crippen LogP contribution in [-0.2, 0) is 0 Å². The van der Waals surface area contributed by atoms with Gasteiger partial charge in [0.2, 0.25) is 0 Å². The Bertz CT molecular complexity index is 87.5. The first-order valence-corrected chi connectivity index (χ1v) is 4.05. The molecule has 0 atom stereocenters. The van der Waals surface area contributed by atoms with E-state index in [1.807, 2.05) is 6.92 Å². The molecule has 0 N–H and O–H groups in total. The highest BCUT2D eigenvalue weighted by Crippen LogP contribution is 2.12. The lowest BCUT2D eigenvalue weighted by molar-refractivity contribution is 0.263. The molecule has 0 radical (unpaired) electrons. The molecule has 0 aliphatic heterocycles. The zero-order valence-electron chi connectivity index (χ0n) is 8.94. The summed E-state index contributed by atoms with van der Waals surface area (Å²) in [5.41, 5.74) is 0.448. The van der Waals surface area contributed by atoms with Crippen molar-refractivity contribution in [3.63, 3.8) is 0 Å². The second-order valence-electron chi connectivity index (χ2n) is 4.21. The fourth-order valence-corrected chi connectivity index (χ4v) is 0.949. The van der Waals surface area contributed by atoms with Crippen LogP contribution in [0.5, 0.6) is 0 Å². The highest BCUT2D eigenvalue weighted by Gasteiger charge is 2.09. The number of rotatable bonds is 1. The minimum atomic E-state index is 0.448. The van der Waals surface area contributed by atoms with Gasteiger partial charge in [-0.3, -0.25) is 0 Å². The lowest BCUT2D eigenvalue weighted by Crippen LogP contribution is -2.25. The van der Waals surface area contributed by atoms with Gasteiger partial charge in [0.15, 0.2) is 0 Å². The van der Waals surface area contributed by atoms with Crippen LogP contribution >= 0.6 is 0 Å². The molecule has 0 aliphatic rings. The zero-order valence-corrected chi connectivity index (χ0v) is 8.94. The largest absolute Gasteiger partial charge is 0.309 e. The second kappa shape index (κ2) is 6.41. The van der Waals surface area contributed by atoms with Crippen molar-refractivity contribution in [2.75, 3.05) is 20.6 Å². The summed E-state index contributed by atoms with van der Waals surface area (Å²) in [6.45, 7) is 13.1. The third-order valence-corrected chi connectivity index (χ3v) is 0.791. The molecule has 1 heteroatoms. The molecule has 1 nitrogen and oxygen atoms in total. The molecular formula is C10H23N. The molecule has 0 rings (SSSR count). The van der Waals surface area contributed by atoms with Crippen molar-refractivity contribution >= 4 is 0 Å². The fourth-order valence-electron chi connectivity index (χ4n) is 0.949. The highest BCUT2D eigenvalue weighted by atomic mass is 15.1. The van der Waals surface area contributed by atoms with Gasteiger partial charge < -0.3 is 4.90 Å². The molecule has 0 saturated heterocycles. The third-order valence-electron chi connectivity index (χ3n) is 0.791. The minimum Gasteiger partial charge on any atom is -0.309 e. The number of allylic oxidation sites excluding steroid dienone is 1. The van der Waals surface area contributed by atoms with Crippen molar-refractivity contribution in [2.24, 2.45) is 5.41 Å². The Hall–Kier alpha value is -0.300. The summed E-state index contributed by atoms with van der Waals surface area (Å²) >= 11 is 0. The van der Waals surface area contributed by atoms with Crippen molar-refractivity contribution in [1.29, 1.82) is 0 Å². The van der Waals surface area contributed by atoms with Gasteiger partial charge in [-0.2, -0.15) is 0 Å². The van der Waals surface area contributed by atoms with Gasteiger partial charge in [-0.25, -0.2) is 0 Å². The van der Waals surface area contributed by atoms with Crippen molar-refractivity contribution in [3.8, 4) is 0 Å². The van der Waals surface area contributed by atoms with Crippen molar-refractivity contribution in [1.82, 2.24) is 4.90 Å². The van der Waals surface area contributed by atoms with Gasteiger partial charge in [0, 0.05) is 6.54 Å². The molecule has 0 aromatic heterocycles. The van der Waals surface area contributed by atoms with Crippen LogP contribution in [0.25, 0.3) is 0 Å². The zero-order chi connectivity index (χ0) is 9.49. The fraction of sp³-hybridized carbons (Fsp3) is 0.800. The maximum absolute atomic E-state index is 3.36. The molecule has 0 bridgehead atoms. The lowest BCUT2D eigenvalue weighted by Gasteiger charge is -2.22. The first-order valence-electron chi connectivity index (χ1n) is 4.05. The van der Waals surface area contributed by atoms with E-state index in [9.17, 15) is 0 Å². The summed E-state index contributed by atoms with van der Waals surface area (Å²) in [4.78, 5) is 2.21. The standard InChI is InChI=1S/C7H17N.C3H6/c1-7(2,3)6-8(4)5;1-3-2/h6H2,1-5H3;3H,1H2,2H3. The van der Waals surface area contributed by atoms with Crippen LogP contribution < -0.4 is 0 Å². The van der Waals surface area contributed by atoms with Gasteiger partial charge in [-0.05, 0) is 26.4 Å². The van der Waals surface area contributed by atoms with Gasteiger partial charge in [-0.1, -0.05) is 26.8 Å². The summed E-state index contributed by atoms with van der Waals surface area (Å²) in [5.74, 6) is 0. The Balaban J connectivity index is 0. The van der Waals surface area contributed by atoms with Crippen LogP contribution in [0.3, 0.4) is 0 Å². The molecule has 0 saturated carbocycles. The summed E-state index contributed by atoms with van der Waals surface area (Å²) in [5, 5.41) is 0. The predicted octanol–water partition coefficient (Wildman–Crippen LogP) is 2.79. The SMILES string of the molecule is C=CC.CN(C)CC(C)(C)C. The van der Waals surface area contributed by atoms with Gasteiger partial charge in [-0.15, -0.1) is 6.58 Å². The molecule has 0 amide bonds. The van der Waals surface area contributed by atoms with E-state index in [-0.39, 0.29) is 0 Å². The van der Waals surface area contributed by atoms with Crippen molar-refractivity contribution in [3.05, 3.63) is 12.7 Å². The van der Waals surface area contributed by atoms with E-state index in [0.717, 1.165) is 6.54 Å². The molecule has 0 aromatic rings. The van der Waals surface area contributed by atoms with E-state index >= 15 is 0 Å². The molecular weight excluding hydrogens is 134 g/mol. The number of hydrogen-bond donors (Lipinski definition) is 0. The van der Waals surface area contributed by atoms with Gasteiger partial charge in [0.05, 0.1) is 0 Å². The molecule has 0 spiro atoms. The molecule has 11 heavy (non-hydrogen) atoms. The van der Waals surface area contributed by atoms with E-state index in [1.165, 1.54) is 0 Å². The van der Waals surface area contributed by atoms with Gasteiger partial charge >= 0.3 is 0 Å². The van der Waals surface area contributed by atoms with E-state index < -0.39 is 0 Å². The molecule has 0 fully saturated rings. The smallest absolute Gasteiger partial charge is 0.00239 e. The van der Waals surface area contributed by atoms with Crippen molar-refractivity contribution in [2.45, 2.75) is 27.7 Å². The van der Waals surface area contributed by atoms with Crippen molar-refractivity contribution < 1.29 is 0 Å². The molecule has 0 heterocycles. The van der Waals surface area contributed by atoms with Crippen LogP contribution in [0.4, 0.5) is 0 Å². The van der Waals surface area contributed by atoms with Crippen LogP contribution in [0.2, 0.25) is 0 Å². The quantitative estimate of drug-likeness (QED) is 0.529. The Morgan fingerprint density at radius 2 is 1.55 bits per heavy atom. The average molecular weight is 157 g/mol. The lowest BCUT2D eigenvalue weighted by atomic mass is 9.97. The Morgan fingerprint density at radius 3 is 1.55 bits per heavy atom. The van der Waals surface area contributed by atoms with Crippen LogP contribution in [-0.4, -0.2) is 25.5 Å². The molecule has 68 valence electrons. The third kappa shape index (κ3) is 26.0. The van der Waals surface area contributed by atoms with Crippen LogP contribution in [0, 0.1) is 5.41 Å². The van der Waals surface area contributed by atoms with E-state index in [1.54, 1.807) is 6.08 Å². The van der Waals surface area contributed by atoms with Gasteiger partial charge in [0.25, 0.3) is 0 Å². The van der Waals surface area contributed by atoms with E-state index in [2.05, 4.69) is 46.3 Å². The maximum Gasteiger partial charge on any atom is 0.00239 e. The summed E-state index contributed by atoms with van der Waals surface area (Å²) in [6.07, 6.45) is 1.75. The number of nitrogens with zero attached hydrogens (tertiary/aromatic N) is 1. The van der Waals surface area contributed by atoms with E-state index in [0.29, 0.717) is 5.41 Å². The molecule has 0 aromatic carbocycles. The first kappa shape index (κ1) is 13.3. The molecule has 0 unspecified atom stereocenters. The normalized spacial score (nSPS) is 10.5. The van der Waals surface area contributed by atoms with Crippen LogP contribution in [0.1, 0.15) is 27.7 Å². The topological polar surface area (TPSA) is 3.24 Å². The van der Waals surface area contributed by atoms with Gasteiger partial charge in [0.1, 0.15) is 0 Å². The van der Waals surface area contributed by atoms with E-state index in [4.69, 9.17) is 0 Å². The summed E-state index contributed by atoms with van der Waals surface area (Å²) < 4.78 is 0. The first-order chi connectivity index (χ1) is 4.83. The Labute approximate surface area is 72.1 Å². The second-order valence-corrected chi connectivity index (χ2v) is 4.21. The minimum absolute atomic E-state index is 0.448. The summed E-state index contributed by atoms with van der Waals surface area (Å²) in [6, 6.07) is 0. The summed E-state index contributed by atoms with van der Waals surface area (Å²) in [7, 11) is 4.20.